The number of hydrogen-bond acceptors (Lipinski definition) is 7. The first-order chi connectivity index (χ1) is 16.3. The zero-order chi connectivity index (χ0) is 24.2. The molecule has 0 N–H and O–H groups in total. The van der Waals surface area contributed by atoms with Crippen LogP contribution in [0.2, 0.25) is 0 Å². The van der Waals surface area contributed by atoms with Crippen molar-refractivity contribution >= 4 is 56.5 Å². The van der Waals surface area contributed by atoms with Crippen molar-refractivity contribution in [2.75, 3.05) is 19.6 Å². The summed E-state index contributed by atoms with van der Waals surface area (Å²) in [7, 11) is 0. The lowest BCUT2D eigenvalue weighted by Crippen LogP contribution is -2.40. The Morgan fingerprint density at radius 1 is 1.18 bits per heavy atom. The summed E-state index contributed by atoms with van der Waals surface area (Å²) < 4.78 is 6.62. The summed E-state index contributed by atoms with van der Waals surface area (Å²) in [4.78, 5) is 51.1. The predicted molar refractivity (Wildman–Crippen MR) is 130 cm³/mol. The molecular formula is C23H20BrN3O6S. The Morgan fingerprint density at radius 2 is 1.94 bits per heavy atom. The molecule has 0 saturated carbocycles. The Balaban J connectivity index is 1.51. The summed E-state index contributed by atoms with van der Waals surface area (Å²) in [5.74, 6) is -0.314. The average Bonchev–Trinajstić information content (AvgIpc) is 3.44. The molecule has 0 aromatic heterocycles. The topological polar surface area (TPSA) is 110 Å². The number of imide groups is 1. The Morgan fingerprint density at radius 3 is 2.68 bits per heavy atom. The summed E-state index contributed by atoms with van der Waals surface area (Å²) >= 11 is 4.17. The number of thioether (sulfide) groups is 1. The fraction of sp³-hybridized carbons (Fsp3) is 0.261. The molecule has 11 heteroatoms. The third kappa shape index (κ3) is 5.48. The SMILES string of the molecule is O=C(CN1C(=O)S/C(=C/c2cc(Br)ccc2OCc2cccc([N+](=O)[O-])c2)C1=O)N1CCCC1. The second kappa shape index (κ2) is 10.4. The summed E-state index contributed by atoms with van der Waals surface area (Å²) in [5.41, 5.74) is 1.13. The van der Waals surface area contributed by atoms with Gasteiger partial charge in [0.25, 0.3) is 16.8 Å². The van der Waals surface area contributed by atoms with Crippen LogP contribution in [0.4, 0.5) is 10.5 Å². The lowest BCUT2D eigenvalue weighted by molar-refractivity contribution is -0.384. The summed E-state index contributed by atoms with van der Waals surface area (Å²) in [5, 5.41) is 10.5. The van der Waals surface area contributed by atoms with Crippen molar-refractivity contribution in [3.63, 3.8) is 0 Å². The van der Waals surface area contributed by atoms with Gasteiger partial charge < -0.3 is 9.64 Å². The van der Waals surface area contributed by atoms with Crippen LogP contribution >= 0.6 is 27.7 Å². The van der Waals surface area contributed by atoms with Crippen molar-refractivity contribution in [1.82, 2.24) is 9.80 Å². The number of likely N-dealkylation sites (tertiary alicyclic amines) is 1. The first kappa shape index (κ1) is 24.0. The molecule has 9 nitrogen and oxygen atoms in total. The minimum atomic E-state index is -0.521. The van der Waals surface area contributed by atoms with Gasteiger partial charge in [-0.2, -0.15) is 0 Å². The molecule has 2 aliphatic rings. The van der Waals surface area contributed by atoms with Crippen LogP contribution < -0.4 is 4.74 Å². The highest BCUT2D eigenvalue weighted by molar-refractivity contribution is 9.10. The molecule has 4 rings (SSSR count). The molecule has 2 aromatic carbocycles. The smallest absolute Gasteiger partial charge is 0.294 e. The Kier molecular flexibility index (Phi) is 7.32. The first-order valence-electron chi connectivity index (χ1n) is 10.5. The highest BCUT2D eigenvalue weighted by Gasteiger charge is 2.37. The number of halogens is 1. The zero-order valence-corrected chi connectivity index (χ0v) is 20.3. The molecule has 2 heterocycles. The molecule has 0 radical (unpaired) electrons. The Hall–Kier alpha value is -3.18. The third-order valence-electron chi connectivity index (χ3n) is 5.40. The van der Waals surface area contributed by atoms with Gasteiger partial charge in [0, 0.05) is 35.3 Å². The van der Waals surface area contributed by atoms with Crippen LogP contribution in [0.3, 0.4) is 0 Å². The number of nitro groups is 1. The second-order valence-electron chi connectivity index (χ2n) is 7.75. The number of amides is 3. The molecule has 2 fully saturated rings. The van der Waals surface area contributed by atoms with Crippen molar-refractivity contribution in [1.29, 1.82) is 0 Å². The van der Waals surface area contributed by atoms with E-state index >= 15 is 0 Å². The number of hydrogen-bond donors (Lipinski definition) is 0. The second-order valence-corrected chi connectivity index (χ2v) is 9.66. The quantitative estimate of drug-likeness (QED) is 0.284. The normalized spacial score (nSPS) is 17.0. The zero-order valence-electron chi connectivity index (χ0n) is 17.9. The van der Waals surface area contributed by atoms with Crippen molar-refractivity contribution < 1.29 is 24.0 Å². The van der Waals surface area contributed by atoms with Gasteiger partial charge in [-0.1, -0.05) is 28.1 Å². The number of carbonyl (C=O) groups is 3. The van der Waals surface area contributed by atoms with Crippen molar-refractivity contribution in [2.45, 2.75) is 19.4 Å². The molecule has 0 bridgehead atoms. The Labute approximate surface area is 208 Å². The number of benzene rings is 2. The summed E-state index contributed by atoms with van der Waals surface area (Å²) in [6.07, 6.45) is 3.41. The number of carbonyl (C=O) groups excluding carboxylic acids is 3. The molecular weight excluding hydrogens is 526 g/mol. The molecule has 34 heavy (non-hydrogen) atoms. The molecule has 0 atom stereocenters. The largest absolute Gasteiger partial charge is 0.488 e. The number of non-ortho nitro benzene ring substituents is 1. The Bertz CT molecular complexity index is 1190. The lowest BCUT2D eigenvalue weighted by Gasteiger charge is -2.18. The maximum absolute atomic E-state index is 12.9. The van der Waals surface area contributed by atoms with Gasteiger partial charge >= 0.3 is 0 Å². The van der Waals surface area contributed by atoms with Crippen molar-refractivity contribution in [3.8, 4) is 5.75 Å². The molecule has 0 aliphatic carbocycles. The van der Waals surface area contributed by atoms with Gasteiger partial charge in [0.15, 0.2) is 0 Å². The van der Waals surface area contributed by atoms with Crippen LogP contribution in [0.25, 0.3) is 6.08 Å². The van der Waals surface area contributed by atoms with Gasteiger partial charge in [-0.15, -0.1) is 0 Å². The average molecular weight is 546 g/mol. The highest BCUT2D eigenvalue weighted by Crippen LogP contribution is 2.35. The van der Waals surface area contributed by atoms with Gasteiger partial charge in [-0.05, 0) is 54.4 Å². The van der Waals surface area contributed by atoms with Crippen LogP contribution in [0.15, 0.2) is 51.8 Å². The number of nitro benzene ring substituents is 1. The molecule has 2 aliphatic heterocycles. The summed E-state index contributed by atoms with van der Waals surface area (Å²) in [6, 6.07) is 11.3. The van der Waals surface area contributed by atoms with Gasteiger partial charge in [-0.3, -0.25) is 29.4 Å². The van der Waals surface area contributed by atoms with Crippen LogP contribution in [-0.4, -0.2) is 51.4 Å². The molecule has 2 aromatic rings. The predicted octanol–water partition coefficient (Wildman–Crippen LogP) is 4.60. The number of nitrogens with zero attached hydrogens (tertiary/aromatic N) is 3. The van der Waals surface area contributed by atoms with Crippen molar-refractivity contribution in [3.05, 3.63) is 73.1 Å². The fourth-order valence-corrected chi connectivity index (χ4v) is 4.87. The monoisotopic (exact) mass is 545 g/mol. The van der Waals surface area contributed by atoms with E-state index < -0.39 is 16.1 Å². The lowest BCUT2D eigenvalue weighted by atomic mass is 10.1. The molecule has 2 saturated heterocycles. The minimum absolute atomic E-state index is 0.0331. The van der Waals surface area contributed by atoms with E-state index in [4.69, 9.17) is 4.74 Å². The minimum Gasteiger partial charge on any atom is -0.488 e. The van der Waals surface area contributed by atoms with E-state index in [-0.39, 0.29) is 29.7 Å². The van der Waals surface area contributed by atoms with Crippen LogP contribution in [0.1, 0.15) is 24.0 Å². The molecule has 3 amide bonds. The third-order valence-corrected chi connectivity index (χ3v) is 6.80. The maximum Gasteiger partial charge on any atom is 0.294 e. The fourth-order valence-electron chi connectivity index (χ4n) is 3.66. The van der Waals surface area contributed by atoms with E-state index in [1.807, 2.05) is 0 Å². The van der Waals surface area contributed by atoms with Gasteiger partial charge in [0.2, 0.25) is 5.91 Å². The standard InChI is InChI=1S/C23H20BrN3O6S/c24-17-6-7-19(33-14-15-4-3-5-18(10-15)27(31)32)16(11-17)12-20-22(29)26(23(30)34-20)13-21(28)25-8-1-2-9-25/h3-7,10-12H,1-2,8-9,13-14H2/b20-12+. The van der Waals surface area contributed by atoms with E-state index in [2.05, 4.69) is 15.9 Å². The van der Waals surface area contributed by atoms with Crippen LogP contribution in [0, 0.1) is 10.1 Å². The number of rotatable bonds is 7. The van der Waals surface area contributed by atoms with Gasteiger partial charge in [0.1, 0.15) is 18.9 Å². The number of ether oxygens (including phenoxy) is 1. The molecule has 0 spiro atoms. The van der Waals surface area contributed by atoms with E-state index in [1.165, 1.54) is 12.1 Å². The van der Waals surface area contributed by atoms with E-state index in [0.29, 0.717) is 30.0 Å². The maximum atomic E-state index is 12.9. The summed E-state index contributed by atoms with van der Waals surface area (Å²) in [6.45, 7) is 1.11. The van der Waals surface area contributed by atoms with Crippen LogP contribution in [-0.2, 0) is 16.2 Å². The van der Waals surface area contributed by atoms with Gasteiger partial charge in [0.05, 0.1) is 9.83 Å². The molecule has 0 unspecified atom stereocenters. The van der Waals surface area contributed by atoms with E-state index in [0.717, 1.165) is 34.0 Å². The van der Waals surface area contributed by atoms with Crippen LogP contribution in [0.5, 0.6) is 5.75 Å². The highest BCUT2D eigenvalue weighted by atomic mass is 79.9. The van der Waals surface area contributed by atoms with Gasteiger partial charge in [-0.25, -0.2) is 0 Å². The first-order valence-corrected chi connectivity index (χ1v) is 12.1. The van der Waals surface area contributed by atoms with E-state index in [9.17, 15) is 24.5 Å². The van der Waals surface area contributed by atoms with Crippen molar-refractivity contribution in [2.24, 2.45) is 0 Å². The van der Waals surface area contributed by atoms with E-state index in [1.54, 1.807) is 41.3 Å². The molecule has 176 valence electrons.